The number of hydrogen-bond acceptors (Lipinski definition) is 3. The number of nitrogens with one attached hydrogen (secondary N) is 1. The fourth-order valence-electron chi connectivity index (χ4n) is 3.38. The maximum Gasteiger partial charge on any atom is 0.220 e. The third-order valence-corrected chi connectivity index (χ3v) is 8.10. The number of carbonyl (C=O) groups is 1. The lowest BCUT2D eigenvalue weighted by Gasteiger charge is -2.11. The molecule has 6 heteroatoms. The predicted molar refractivity (Wildman–Crippen MR) is 126 cm³/mol. The number of rotatable bonds is 9. The summed E-state index contributed by atoms with van der Waals surface area (Å²) >= 11 is 3.47. The Bertz CT molecular complexity index is 1110. The molecule has 3 aromatic carbocycles. The summed E-state index contributed by atoms with van der Waals surface area (Å²) in [6.45, 7) is 2.41. The number of benzene rings is 3. The van der Waals surface area contributed by atoms with Crippen LogP contribution >= 0.6 is 15.9 Å². The number of aryl methyl sites for hydroxylation is 1. The standard InChI is InChI=1S/C24H26BrNO3S/c1-18-12-14-22(15-13-18)30(28,29)17-21(25)9-5-11-24(27)26-16-20-8-4-7-19-6-2-3-10-23(19)20/h2-4,6-8,10,12-15,21H,5,9,11,16-17H2,1H3,(H,26,27). The number of sulfone groups is 1. The summed E-state index contributed by atoms with van der Waals surface area (Å²) in [5.74, 6) is -0.00254. The first-order valence-corrected chi connectivity index (χ1v) is 12.6. The molecule has 0 heterocycles. The van der Waals surface area contributed by atoms with Gasteiger partial charge in [-0.3, -0.25) is 4.79 Å². The van der Waals surface area contributed by atoms with Gasteiger partial charge in [0.2, 0.25) is 5.91 Å². The molecule has 0 aromatic heterocycles. The molecule has 1 N–H and O–H groups in total. The fourth-order valence-corrected chi connectivity index (χ4v) is 6.13. The van der Waals surface area contributed by atoms with E-state index in [4.69, 9.17) is 0 Å². The van der Waals surface area contributed by atoms with Crippen LogP contribution < -0.4 is 5.32 Å². The lowest BCUT2D eigenvalue weighted by molar-refractivity contribution is -0.121. The first-order valence-electron chi connectivity index (χ1n) is 10.0. The molecule has 30 heavy (non-hydrogen) atoms. The number of alkyl halides is 1. The zero-order chi connectivity index (χ0) is 21.6. The molecular formula is C24H26BrNO3S. The van der Waals surface area contributed by atoms with Crippen LogP contribution in [0.4, 0.5) is 0 Å². The molecule has 1 unspecified atom stereocenters. The van der Waals surface area contributed by atoms with Crippen molar-refractivity contribution in [2.45, 2.75) is 42.5 Å². The molecule has 3 aromatic rings. The SMILES string of the molecule is Cc1ccc(S(=O)(=O)CC(Br)CCCC(=O)NCc2cccc3ccccc23)cc1. The quantitative estimate of drug-likeness (QED) is 0.423. The van der Waals surface area contributed by atoms with Crippen molar-refractivity contribution in [2.75, 3.05) is 5.75 Å². The summed E-state index contributed by atoms with van der Waals surface area (Å²) in [5.41, 5.74) is 2.11. The number of fused-ring (bicyclic) bond motifs is 1. The summed E-state index contributed by atoms with van der Waals surface area (Å²) in [6, 6.07) is 21.1. The van der Waals surface area contributed by atoms with Gasteiger partial charge in [-0.15, -0.1) is 0 Å². The first-order chi connectivity index (χ1) is 14.3. The van der Waals surface area contributed by atoms with E-state index in [0.717, 1.165) is 21.9 Å². The average molecular weight is 488 g/mol. The maximum absolute atomic E-state index is 12.5. The van der Waals surface area contributed by atoms with E-state index < -0.39 is 9.84 Å². The molecule has 0 bridgehead atoms. The second kappa shape index (κ2) is 10.2. The summed E-state index contributed by atoms with van der Waals surface area (Å²) in [7, 11) is -3.34. The smallest absolute Gasteiger partial charge is 0.220 e. The molecule has 0 radical (unpaired) electrons. The highest BCUT2D eigenvalue weighted by Gasteiger charge is 2.19. The number of halogens is 1. The van der Waals surface area contributed by atoms with Crippen molar-refractivity contribution in [1.82, 2.24) is 5.32 Å². The summed E-state index contributed by atoms with van der Waals surface area (Å²) in [5, 5.41) is 5.27. The molecule has 158 valence electrons. The Balaban J connectivity index is 1.44. The van der Waals surface area contributed by atoms with Crippen molar-refractivity contribution in [3.8, 4) is 0 Å². The van der Waals surface area contributed by atoms with Crippen LogP contribution in [0.15, 0.2) is 71.6 Å². The van der Waals surface area contributed by atoms with Gasteiger partial charge in [-0.1, -0.05) is 76.1 Å². The van der Waals surface area contributed by atoms with E-state index in [0.29, 0.717) is 30.7 Å². The van der Waals surface area contributed by atoms with Crippen molar-refractivity contribution < 1.29 is 13.2 Å². The van der Waals surface area contributed by atoms with E-state index in [-0.39, 0.29) is 16.5 Å². The monoisotopic (exact) mass is 487 g/mol. The third-order valence-electron chi connectivity index (χ3n) is 5.06. The van der Waals surface area contributed by atoms with Crippen molar-refractivity contribution in [3.63, 3.8) is 0 Å². The minimum Gasteiger partial charge on any atom is -0.352 e. The van der Waals surface area contributed by atoms with Gasteiger partial charge in [-0.2, -0.15) is 0 Å². The lowest BCUT2D eigenvalue weighted by Crippen LogP contribution is -2.23. The summed E-state index contributed by atoms with van der Waals surface area (Å²) < 4.78 is 25.0. The van der Waals surface area contributed by atoms with Crippen LogP contribution in [0.3, 0.4) is 0 Å². The van der Waals surface area contributed by atoms with Gasteiger partial charge in [0.25, 0.3) is 0 Å². The Labute approximate surface area is 186 Å². The third kappa shape index (κ3) is 6.16. The first kappa shape index (κ1) is 22.5. The normalized spacial score (nSPS) is 12.6. The van der Waals surface area contributed by atoms with Crippen molar-refractivity contribution in [3.05, 3.63) is 77.9 Å². The second-order valence-corrected chi connectivity index (χ2v) is 10.8. The minimum atomic E-state index is -3.34. The van der Waals surface area contributed by atoms with Gasteiger partial charge >= 0.3 is 0 Å². The number of carbonyl (C=O) groups excluding carboxylic acids is 1. The maximum atomic E-state index is 12.5. The van der Waals surface area contributed by atoms with Crippen LogP contribution in [0.1, 0.15) is 30.4 Å². The highest BCUT2D eigenvalue weighted by atomic mass is 79.9. The fraction of sp³-hybridized carbons (Fsp3) is 0.292. The molecule has 0 aliphatic carbocycles. The van der Waals surface area contributed by atoms with Gasteiger partial charge in [-0.25, -0.2) is 8.42 Å². The molecule has 4 nitrogen and oxygen atoms in total. The molecule has 1 atom stereocenters. The van der Waals surface area contributed by atoms with Crippen LogP contribution in [0.5, 0.6) is 0 Å². The topological polar surface area (TPSA) is 63.2 Å². The van der Waals surface area contributed by atoms with E-state index >= 15 is 0 Å². The molecule has 0 saturated carbocycles. The van der Waals surface area contributed by atoms with E-state index in [2.05, 4.69) is 39.4 Å². The van der Waals surface area contributed by atoms with Crippen LogP contribution in [0, 0.1) is 6.92 Å². The Kier molecular flexibility index (Phi) is 7.67. The van der Waals surface area contributed by atoms with Crippen molar-refractivity contribution in [2.24, 2.45) is 0 Å². The summed E-state index contributed by atoms with van der Waals surface area (Å²) in [6.07, 6.45) is 1.62. The number of hydrogen-bond donors (Lipinski definition) is 1. The Hall–Kier alpha value is -2.18. The highest BCUT2D eigenvalue weighted by molar-refractivity contribution is 9.09. The van der Waals surface area contributed by atoms with Crippen LogP contribution in [-0.4, -0.2) is 24.9 Å². The van der Waals surface area contributed by atoms with Gasteiger partial charge in [0.05, 0.1) is 10.6 Å². The largest absolute Gasteiger partial charge is 0.352 e. The average Bonchev–Trinajstić information content (AvgIpc) is 2.72. The Morgan fingerprint density at radius 3 is 2.47 bits per heavy atom. The molecular weight excluding hydrogens is 462 g/mol. The Morgan fingerprint density at radius 2 is 1.70 bits per heavy atom. The molecule has 0 fully saturated rings. The van der Waals surface area contributed by atoms with Gasteiger partial charge in [0.1, 0.15) is 0 Å². The van der Waals surface area contributed by atoms with Gasteiger partial charge in [-0.05, 0) is 48.2 Å². The lowest BCUT2D eigenvalue weighted by atomic mass is 10.0. The molecule has 1 amide bonds. The van der Waals surface area contributed by atoms with E-state index in [1.807, 2.05) is 31.2 Å². The van der Waals surface area contributed by atoms with Gasteiger partial charge in [0, 0.05) is 17.8 Å². The van der Waals surface area contributed by atoms with Crippen molar-refractivity contribution >= 4 is 42.4 Å². The van der Waals surface area contributed by atoms with Crippen LogP contribution in [0.25, 0.3) is 10.8 Å². The molecule has 0 aliphatic rings. The Morgan fingerprint density at radius 1 is 1.00 bits per heavy atom. The van der Waals surface area contributed by atoms with E-state index in [1.54, 1.807) is 24.3 Å². The highest BCUT2D eigenvalue weighted by Crippen LogP contribution is 2.20. The van der Waals surface area contributed by atoms with Gasteiger partial charge in [0.15, 0.2) is 9.84 Å². The second-order valence-electron chi connectivity index (χ2n) is 7.50. The molecule has 0 spiro atoms. The predicted octanol–water partition coefficient (Wildman–Crippen LogP) is 5.17. The zero-order valence-corrected chi connectivity index (χ0v) is 19.4. The summed E-state index contributed by atoms with van der Waals surface area (Å²) in [4.78, 5) is 12.4. The van der Waals surface area contributed by atoms with Gasteiger partial charge < -0.3 is 5.32 Å². The van der Waals surface area contributed by atoms with E-state index in [1.165, 1.54) is 0 Å². The zero-order valence-electron chi connectivity index (χ0n) is 17.0. The van der Waals surface area contributed by atoms with Crippen LogP contribution in [-0.2, 0) is 21.2 Å². The molecule has 0 aliphatic heterocycles. The number of amides is 1. The molecule has 3 rings (SSSR count). The van der Waals surface area contributed by atoms with Crippen molar-refractivity contribution in [1.29, 1.82) is 0 Å². The van der Waals surface area contributed by atoms with E-state index in [9.17, 15) is 13.2 Å². The molecule has 0 saturated heterocycles. The minimum absolute atomic E-state index is 0.0215. The van der Waals surface area contributed by atoms with Crippen LogP contribution in [0.2, 0.25) is 0 Å².